The molecule has 0 saturated heterocycles. The van der Waals surface area contributed by atoms with Gasteiger partial charge in [0.05, 0.1) is 6.61 Å². The molecule has 0 amide bonds. The number of nitrogens with zero attached hydrogens (tertiary/aromatic N) is 1. The van der Waals surface area contributed by atoms with Crippen LogP contribution in [0, 0.1) is 0 Å². The second-order valence-corrected chi connectivity index (χ2v) is 5.71. The summed E-state index contributed by atoms with van der Waals surface area (Å²) >= 11 is 0. The van der Waals surface area contributed by atoms with Crippen LogP contribution in [0.25, 0.3) is 0 Å². The van der Waals surface area contributed by atoms with Gasteiger partial charge in [0.1, 0.15) is 0 Å². The van der Waals surface area contributed by atoms with Gasteiger partial charge in [0.25, 0.3) is 0 Å². The molecule has 0 aliphatic heterocycles. The predicted octanol–water partition coefficient (Wildman–Crippen LogP) is 2.62. The lowest BCUT2D eigenvalue weighted by Crippen LogP contribution is -2.51. The van der Waals surface area contributed by atoms with Crippen LogP contribution in [0.4, 0.5) is 0 Å². The molecule has 0 fully saturated rings. The van der Waals surface area contributed by atoms with Gasteiger partial charge >= 0.3 is 0 Å². The Morgan fingerprint density at radius 2 is 2.15 bits per heavy atom. The van der Waals surface area contributed by atoms with Crippen LogP contribution >= 0.6 is 0 Å². The van der Waals surface area contributed by atoms with E-state index in [9.17, 15) is 0 Å². The minimum Gasteiger partial charge on any atom is -0.383 e. The summed E-state index contributed by atoms with van der Waals surface area (Å²) in [6.07, 6.45) is 2.39. The van der Waals surface area contributed by atoms with Gasteiger partial charge in [0.15, 0.2) is 0 Å². The lowest BCUT2D eigenvalue weighted by Gasteiger charge is -2.43. The van der Waals surface area contributed by atoms with Crippen molar-refractivity contribution in [3.8, 4) is 0 Å². The molecule has 0 spiro atoms. The Balaban J connectivity index is 2.24. The van der Waals surface area contributed by atoms with Crippen molar-refractivity contribution in [3.05, 3.63) is 35.4 Å². The van der Waals surface area contributed by atoms with Gasteiger partial charge in [-0.1, -0.05) is 31.2 Å². The molecule has 1 N–H and O–H groups in total. The van der Waals surface area contributed by atoms with E-state index >= 15 is 0 Å². The summed E-state index contributed by atoms with van der Waals surface area (Å²) in [5.74, 6) is 0. The standard InChI is InChI=1S/C17H28N2O/c1-5-19(13(2)12-20-4)16-11-10-14-8-6-7-9-15(14)17(16)18-3/h6-9,13,16-18H,5,10-12H2,1-4H3. The molecule has 1 aliphatic rings. The maximum Gasteiger partial charge on any atom is 0.0615 e. The van der Waals surface area contributed by atoms with E-state index in [0.29, 0.717) is 18.1 Å². The van der Waals surface area contributed by atoms with Crippen molar-refractivity contribution in [2.45, 2.75) is 44.8 Å². The molecule has 0 aromatic heterocycles. The summed E-state index contributed by atoms with van der Waals surface area (Å²) in [4.78, 5) is 2.58. The molecule has 3 atom stereocenters. The summed E-state index contributed by atoms with van der Waals surface area (Å²) in [5.41, 5.74) is 2.97. The summed E-state index contributed by atoms with van der Waals surface area (Å²) in [5, 5.41) is 3.54. The highest BCUT2D eigenvalue weighted by Gasteiger charge is 2.33. The molecule has 20 heavy (non-hydrogen) atoms. The van der Waals surface area contributed by atoms with Crippen LogP contribution in [-0.4, -0.2) is 44.3 Å². The number of nitrogens with one attached hydrogen (secondary N) is 1. The minimum absolute atomic E-state index is 0.416. The van der Waals surface area contributed by atoms with Crippen molar-refractivity contribution in [2.75, 3.05) is 27.3 Å². The zero-order valence-electron chi connectivity index (χ0n) is 13.2. The highest BCUT2D eigenvalue weighted by Crippen LogP contribution is 2.33. The van der Waals surface area contributed by atoms with Gasteiger partial charge in [-0.2, -0.15) is 0 Å². The van der Waals surface area contributed by atoms with Crippen molar-refractivity contribution in [3.63, 3.8) is 0 Å². The van der Waals surface area contributed by atoms with Crippen molar-refractivity contribution in [1.29, 1.82) is 0 Å². The van der Waals surface area contributed by atoms with Crippen LogP contribution in [0.15, 0.2) is 24.3 Å². The van der Waals surface area contributed by atoms with E-state index in [-0.39, 0.29) is 0 Å². The van der Waals surface area contributed by atoms with Gasteiger partial charge in [-0.15, -0.1) is 0 Å². The molecular formula is C17H28N2O. The largest absolute Gasteiger partial charge is 0.383 e. The number of benzene rings is 1. The number of ether oxygens (including phenoxy) is 1. The molecule has 0 bridgehead atoms. The SMILES string of the molecule is CCN(C(C)COC)C1CCc2ccccc2C1NC. The molecular weight excluding hydrogens is 248 g/mol. The topological polar surface area (TPSA) is 24.5 Å². The third-order valence-electron chi connectivity index (χ3n) is 4.56. The van der Waals surface area contributed by atoms with E-state index in [1.165, 1.54) is 24.0 Å². The van der Waals surface area contributed by atoms with Crippen molar-refractivity contribution in [1.82, 2.24) is 10.2 Å². The Kier molecular flexibility index (Phi) is 5.58. The molecule has 1 aromatic carbocycles. The molecule has 0 saturated carbocycles. The first kappa shape index (κ1) is 15.5. The fourth-order valence-corrected chi connectivity index (χ4v) is 3.66. The zero-order chi connectivity index (χ0) is 14.5. The molecule has 0 heterocycles. The van der Waals surface area contributed by atoms with Crippen LogP contribution in [0.1, 0.15) is 37.4 Å². The lowest BCUT2D eigenvalue weighted by atomic mass is 9.83. The summed E-state index contributed by atoms with van der Waals surface area (Å²) in [6.45, 7) is 6.37. The minimum atomic E-state index is 0.416. The average molecular weight is 276 g/mol. The van der Waals surface area contributed by atoms with E-state index in [2.05, 4.69) is 55.4 Å². The monoisotopic (exact) mass is 276 g/mol. The lowest BCUT2D eigenvalue weighted by molar-refractivity contribution is 0.0532. The van der Waals surface area contributed by atoms with Crippen LogP contribution < -0.4 is 5.32 Å². The molecule has 3 heteroatoms. The van der Waals surface area contributed by atoms with Crippen molar-refractivity contribution < 1.29 is 4.74 Å². The quantitative estimate of drug-likeness (QED) is 0.864. The van der Waals surface area contributed by atoms with Crippen molar-refractivity contribution in [2.24, 2.45) is 0 Å². The predicted molar refractivity (Wildman–Crippen MR) is 84.1 cm³/mol. The van der Waals surface area contributed by atoms with Gasteiger partial charge in [0, 0.05) is 25.2 Å². The van der Waals surface area contributed by atoms with Gasteiger partial charge in [-0.25, -0.2) is 0 Å². The van der Waals surface area contributed by atoms with E-state index in [1.54, 1.807) is 7.11 Å². The first-order valence-corrected chi connectivity index (χ1v) is 7.72. The number of rotatable bonds is 6. The Morgan fingerprint density at radius 3 is 2.80 bits per heavy atom. The van der Waals surface area contributed by atoms with Crippen LogP contribution in [0.5, 0.6) is 0 Å². The molecule has 2 rings (SSSR count). The fourth-order valence-electron chi connectivity index (χ4n) is 3.66. The van der Waals surface area contributed by atoms with E-state index in [1.807, 2.05) is 0 Å². The summed E-state index contributed by atoms with van der Waals surface area (Å²) in [6, 6.07) is 10.3. The maximum atomic E-state index is 5.35. The molecule has 112 valence electrons. The Bertz CT molecular complexity index is 421. The number of methoxy groups -OCH3 is 1. The highest BCUT2D eigenvalue weighted by atomic mass is 16.5. The van der Waals surface area contributed by atoms with E-state index in [0.717, 1.165) is 13.2 Å². The molecule has 1 aliphatic carbocycles. The molecule has 1 aromatic rings. The van der Waals surface area contributed by atoms with Gasteiger partial charge in [0.2, 0.25) is 0 Å². The maximum absolute atomic E-state index is 5.35. The molecule has 3 unspecified atom stereocenters. The Morgan fingerprint density at radius 1 is 1.40 bits per heavy atom. The number of hydrogen-bond donors (Lipinski definition) is 1. The van der Waals surface area contributed by atoms with Gasteiger partial charge in [-0.05, 0) is 44.5 Å². The van der Waals surface area contributed by atoms with Crippen molar-refractivity contribution >= 4 is 0 Å². The van der Waals surface area contributed by atoms with E-state index < -0.39 is 0 Å². The third-order valence-corrected chi connectivity index (χ3v) is 4.56. The fraction of sp³-hybridized carbons (Fsp3) is 0.647. The molecule has 0 radical (unpaired) electrons. The number of hydrogen-bond acceptors (Lipinski definition) is 3. The van der Waals surface area contributed by atoms with Crippen LogP contribution in [0.2, 0.25) is 0 Å². The Labute approximate surface area is 123 Å². The average Bonchev–Trinajstić information content (AvgIpc) is 2.48. The first-order valence-electron chi connectivity index (χ1n) is 7.72. The Hall–Kier alpha value is -0.900. The number of aryl methyl sites for hydroxylation is 1. The first-order chi connectivity index (χ1) is 9.72. The third kappa shape index (κ3) is 3.05. The second kappa shape index (κ2) is 7.21. The number of fused-ring (bicyclic) bond motifs is 1. The van der Waals surface area contributed by atoms with Crippen LogP contribution in [0.3, 0.4) is 0 Å². The smallest absolute Gasteiger partial charge is 0.0615 e. The summed E-state index contributed by atoms with van der Waals surface area (Å²) in [7, 11) is 3.87. The highest BCUT2D eigenvalue weighted by molar-refractivity contribution is 5.34. The van der Waals surface area contributed by atoms with Gasteiger partial charge < -0.3 is 10.1 Å². The van der Waals surface area contributed by atoms with E-state index in [4.69, 9.17) is 4.74 Å². The number of likely N-dealkylation sites (N-methyl/N-ethyl adjacent to an activating group) is 2. The van der Waals surface area contributed by atoms with Gasteiger partial charge in [-0.3, -0.25) is 4.90 Å². The second-order valence-electron chi connectivity index (χ2n) is 5.71. The summed E-state index contributed by atoms with van der Waals surface area (Å²) < 4.78 is 5.35. The normalized spacial score (nSPS) is 23.6. The van der Waals surface area contributed by atoms with Crippen LogP contribution in [-0.2, 0) is 11.2 Å². The zero-order valence-corrected chi connectivity index (χ0v) is 13.2. The molecule has 3 nitrogen and oxygen atoms in total.